The van der Waals surface area contributed by atoms with Crippen molar-refractivity contribution in [2.75, 3.05) is 13.7 Å². The van der Waals surface area contributed by atoms with Gasteiger partial charge in [0.2, 0.25) is 5.91 Å². The minimum absolute atomic E-state index is 0. The lowest BCUT2D eigenvalue weighted by molar-refractivity contribution is -0.151. The number of carbonyl (C=O) groups excluding carboxylic acids is 2. The Bertz CT molecular complexity index is 284. The molecular formula is C11H21ClN2O3. The van der Waals surface area contributed by atoms with Crippen molar-refractivity contribution in [3.8, 4) is 0 Å². The normalized spacial score (nSPS) is 21.0. The Kier molecular flexibility index (Phi) is 6.49. The van der Waals surface area contributed by atoms with E-state index < -0.39 is 12.1 Å². The summed E-state index contributed by atoms with van der Waals surface area (Å²) in [6.45, 7) is 4.39. The van der Waals surface area contributed by atoms with Gasteiger partial charge >= 0.3 is 5.97 Å². The highest BCUT2D eigenvalue weighted by Gasteiger charge is 2.37. The molecule has 1 aliphatic rings. The van der Waals surface area contributed by atoms with E-state index in [9.17, 15) is 9.59 Å². The third kappa shape index (κ3) is 3.57. The van der Waals surface area contributed by atoms with Gasteiger partial charge in [0.1, 0.15) is 6.04 Å². The Labute approximate surface area is 108 Å². The fraction of sp³-hybridized carbons (Fsp3) is 0.818. The second kappa shape index (κ2) is 6.81. The van der Waals surface area contributed by atoms with E-state index in [1.807, 2.05) is 13.8 Å². The van der Waals surface area contributed by atoms with E-state index in [1.165, 1.54) is 7.11 Å². The van der Waals surface area contributed by atoms with Gasteiger partial charge in [-0.15, -0.1) is 12.4 Å². The van der Waals surface area contributed by atoms with Crippen molar-refractivity contribution in [1.29, 1.82) is 0 Å². The summed E-state index contributed by atoms with van der Waals surface area (Å²) in [4.78, 5) is 25.0. The van der Waals surface area contributed by atoms with Crippen LogP contribution in [0.3, 0.4) is 0 Å². The van der Waals surface area contributed by atoms with Crippen molar-refractivity contribution in [3.05, 3.63) is 0 Å². The third-order valence-corrected chi connectivity index (χ3v) is 3.01. The van der Waals surface area contributed by atoms with Crippen LogP contribution in [0.1, 0.15) is 26.7 Å². The molecule has 0 aromatic rings. The predicted octanol–water partition coefficient (Wildman–Crippen LogP) is 0.555. The van der Waals surface area contributed by atoms with Gasteiger partial charge in [-0.25, -0.2) is 4.79 Å². The van der Waals surface area contributed by atoms with Gasteiger partial charge in [0.05, 0.1) is 13.2 Å². The molecule has 0 aromatic heterocycles. The predicted molar refractivity (Wildman–Crippen MR) is 66.8 cm³/mol. The Morgan fingerprint density at radius 1 is 1.41 bits per heavy atom. The van der Waals surface area contributed by atoms with Crippen LogP contribution in [0.15, 0.2) is 0 Å². The Morgan fingerprint density at radius 3 is 2.47 bits per heavy atom. The molecule has 1 fully saturated rings. The summed E-state index contributed by atoms with van der Waals surface area (Å²) < 4.78 is 4.68. The van der Waals surface area contributed by atoms with E-state index in [4.69, 9.17) is 5.73 Å². The van der Waals surface area contributed by atoms with Crippen LogP contribution in [0.25, 0.3) is 0 Å². The number of nitrogens with two attached hydrogens (primary N) is 1. The summed E-state index contributed by atoms with van der Waals surface area (Å²) in [6, 6.07) is -0.979. The zero-order chi connectivity index (χ0) is 12.3. The van der Waals surface area contributed by atoms with Crippen LogP contribution in [-0.4, -0.2) is 42.5 Å². The van der Waals surface area contributed by atoms with Crippen LogP contribution in [-0.2, 0) is 14.3 Å². The molecule has 2 atom stereocenters. The van der Waals surface area contributed by atoms with Crippen molar-refractivity contribution in [2.45, 2.75) is 38.8 Å². The topological polar surface area (TPSA) is 72.6 Å². The molecule has 0 bridgehead atoms. The first kappa shape index (κ1) is 16.2. The maximum Gasteiger partial charge on any atom is 0.328 e. The van der Waals surface area contributed by atoms with Crippen LogP contribution in [0.5, 0.6) is 0 Å². The number of likely N-dealkylation sites (tertiary alicyclic amines) is 1. The van der Waals surface area contributed by atoms with Gasteiger partial charge in [0, 0.05) is 6.54 Å². The van der Waals surface area contributed by atoms with E-state index in [1.54, 1.807) is 4.90 Å². The number of carbonyl (C=O) groups is 2. The number of ether oxygens (including phenoxy) is 1. The minimum Gasteiger partial charge on any atom is -0.467 e. The Balaban J connectivity index is 0.00000256. The Morgan fingerprint density at radius 2 is 2.00 bits per heavy atom. The summed E-state index contributed by atoms with van der Waals surface area (Å²) in [7, 11) is 1.34. The fourth-order valence-corrected chi connectivity index (χ4v) is 1.89. The molecule has 5 nitrogen and oxygen atoms in total. The van der Waals surface area contributed by atoms with Crippen molar-refractivity contribution in [3.63, 3.8) is 0 Å². The van der Waals surface area contributed by atoms with Gasteiger partial charge < -0.3 is 15.4 Å². The number of nitrogens with zero attached hydrogens (tertiary/aromatic N) is 1. The molecule has 0 aliphatic carbocycles. The number of halogens is 1. The second-order valence-electron chi connectivity index (χ2n) is 4.48. The summed E-state index contributed by atoms with van der Waals surface area (Å²) in [5.41, 5.74) is 5.80. The van der Waals surface area contributed by atoms with Crippen LogP contribution in [0.4, 0.5) is 0 Å². The highest BCUT2D eigenvalue weighted by Crippen LogP contribution is 2.20. The number of hydrogen-bond acceptors (Lipinski definition) is 4. The Hall–Kier alpha value is -0.810. The molecule has 0 unspecified atom stereocenters. The molecule has 2 N–H and O–H groups in total. The first-order valence-electron chi connectivity index (χ1n) is 5.63. The zero-order valence-electron chi connectivity index (χ0n) is 10.5. The quantitative estimate of drug-likeness (QED) is 0.756. The lowest BCUT2D eigenvalue weighted by Crippen LogP contribution is -2.50. The van der Waals surface area contributed by atoms with E-state index in [2.05, 4.69) is 4.74 Å². The van der Waals surface area contributed by atoms with Gasteiger partial charge in [-0.1, -0.05) is 13.8 Å². The largest absolute Gasteiger partial charge is 0.467 e. The molecule has 1 heterocycles. The van der Waals surface area contributed by atoms with Crippen LogP contribution >= 0.6 is 12.4 Å². The van der Waals surface area contributed by atoms with Crippen LogP contribution < -0.4 is 5.73 Å². The smallest absolute Gasteiger partial charge is 0.328 e. The third-order valence-electron chi connectivity index (χ3n) is 3.01. The molecule has 1 aliphatic heterocycles. The lowest BCUT2D eigenvalue weighted by Gasteiger charge is -2.27. The first-order valence-corrected chi connectivity index (χ1v) is 5.63. The maximum atomic E-state index is 12.0. The summed E-state index contributed by atoms with van der Waals surface area (Å²) >= 11 is 0. The molecule has 1 rings (SSSR count). The minimum atomic E-state index is -0.537. The van der Waals surface area contributed by atoms with Crippen molar-refractivity contribution in [1.82, 2.24) is 4.90 Å². The molecule has 0 spiro atoms. The number of esters is 1. The molecular weight excluding hydrogens is 244 g/mol. The monoisotopic (exact) mass is 264 g/mol. The van der Waals surface area contributed by atoms with Crippen molar-refractivity contribution in [2.24, 2.45) is 11.7 Å². The standard InChI is InChI=1S/C11H20N2O3.ClH/c1-7(2)9(12)10(14)13-6-4-5-8(13)11(15)16-3;/h7-9H,4-6,12H2,1-3H3;1H/t8-,9-;/m0./s1. The lowest BCUT2D eigenvalue weighted by atomic mass is 10.0. The van der Waals surface area contributed by atoms with Gasteiger partial charge in [0.15, 0.2) is 0 Å². The summed E-state index contributed by atoms with van der Waals surface area (Å²) in [5, 5.41) is 0. The zero-order valence-corrected chi connectivity index (χ0v) is 11.3. The van der Waals surface area contributed by atoms with E-state index in [0.717, 1.165) is 6.42 Å². The first-order chi connectivity index (χ1) is 7.49. The highest BCUT2D eigenvalue weighted by molar-refractivity contribution is 5.88. The molecule has 1 saturated heterocycles. The number of rotatable bonds is 3. The second-order valence-corrected chi connectivity index (χ2v) is 4.48. The SMILES string of the molecule is COC(=O)[C@@H]1CCCN1C(=O)[C@@H](N)C(C)C.Cl. The number of hydrogen-bond donors (Lipinski definition) is 1. The highest BCUT2D eigenvalue weighted by atomic mass is 35.5. The molecule has 0 saturated carbocycles. The molecule has 0 aromatic carbocycles. The van der Waals surface area contributed by atoms with E-state index in [0.29, 0.717) is 13.0 Å². The maximum absolute atomic E-state index is 12.0. The fourth-order valence-electron chi connectivity index (χ4n) is 1.89. The van der Waals surface area contributed by atoms with E-state index in [-0.39, 0.29) is 30.2 Å². The van der Waals surface area contributed by atoms with Crippen LogP contribution in [0, 0.1) is 5.92 Å². The van der Waals surface area contributed by atoms with Crippen LogP contribution in [0.2, 0.25) is 0 Å². The average Bonchev–Trinajstić information content (AvgIpc) is 2.74. The summed E-state index contributed by atoms with van der Waals surface area (Å²) in [5.74, 6) is -0.420. The average molecular weight is 265 g/mol. The molecule has 17 heavy (non-hydrogen) atoms. The number of amides is 1. The van der Waals surface area contributed by atoms with Gasteiger partial charge in [-0.05, 0) is 18.8 Å². The van der Waals surface area contributed by atoms with Gasteiger partial charge in [-0.3, -0.25) is 4.79 Å². The summed E-state index contributed by atoms with van der Waals surface area (Å²) in [6.07, 6.45) is 1.50. The van der Waals surface area contributed by atoms with Crippen molar-refractivity contribution >= 4 is 24.3 Å². The van der Waals surface area contributed by atoms with Crippen molar-refractivity contribution < 1.29 is 14.3 Å². The molecule has 6 heteroatoms. The molecule has 100 valence electrons. The molecule has 0 radical (unpaired) electrons. The number of methoxy groups -OCH3 is 1. The van der Waals surface area contributed by atoms with E-state index >= 15 is 0 Å². The molecule has 1 amide bonds. The van der Waals surface area contributed by atoms with Gasteiger partial charge in [-0.2, -0.15) is 0 Å². The van der Waals surface area contributed by atoms with Gasteiger partial charge in [0.25, 0.3) is 0 Å².